The van der Waals surface area contributed by atoms with Gasteiger partial charge in [-0.3, -0.25) is 4.98 Å². The lowest BCUT2D eigenvalue weighted by atomic mass is 9.86. The lowest BCUT2D eigenvalue weighted by Crippen LogP contribution is -2.42. The number of benzene rings is 1. The predicted molar refractivity (Wildman–Crippen MR) is 114 cm³/mol. The van der Waals surface area contributed by atoms with Crippen LogP contribution in [0.1, 0.15) is 31.7 Å². The number of para-hydroxylation sites is 1. The van der Waals surface area contributed by atoms with Gasteiger partial charge in [0.25, 0.3) is 0 Å². The smallest absolute Gasteiger partial charge is 0.213 e. The lowest BCUT2D eigenvalue weighted by Gasteiger charge is -2.25. The summed E-state index contributed by atoms with van der Waals surface area (Å²) in [6.07, 6.45) is 5.25. The Balaban J connectivity index is 1.55. The van der Waals surface area contributed by atoms with Crippen LogP contribution in [0.2, 0.25) is 0 Å². The van der Waals surface area contributed by atoms with Crippen LogP contribution < -0.4 is 15.4 Å². The molecule has 0 saturated heterocycles. The van der Waals surface area contributed by atoms with Gasteiger partial charge >= 0.3 is 0 Å². The number of rotatable bonds is 9. The Morgan fingerprint density at radius 2 is 2.04 bits per heavy atom. The van der Waals surface area contributed by atoms with Crippen LogP contribution in [-0.2, 0) is 16.6 Å². The molecule has 1 aromatic carbocycles. The molecule has 0 unspecified atom stereocenters. The molecule has 28 heavy (non-hydrogen) atoms. The fraction of sp³-hybridized carbons (Fsp3) is 0.500. The Bertz CT molecular complexity index is 904. The summed E-state index contributed by atoms with van der Waals surface area (Å²) in [5, 5.41) is 7.35. The largest absolute Gasteiger partial charge is 0.357 e. The van der Waals surface area contributed by atoms with Crippen LogP contribution in [0.25, 0.3) is 10.9 Å². The number of aromatic nitrogens is 1. The highest BCUT2D eigenvalue weighted by Crippen LogP contribution is 2.25. The molecule has 0 amide bonds. The molecule has 2 aromatic rings. The van der Waals surface area contributed by atoms with Crippen LogP contribution >= 0.6 is 0 Å². The second kappa shape index (κ2) is 9.84. The van der Waals surface area contributed by atoms with Gasteiger partial charge in [-0.25, -0.2) is 18.1 Å². The molecule has 0 radical (unpaired) electrons. The molecular formula is C20H29N5O2S. The topological polar surface area (TPSA) is 95.5 Å². The van der Waals surface area contributed by atoms with E-state index in [0.29, 0.717) is 38.1 Å². The average molecular weight is 404 g/mol. The van der Waals surface area contributed by atoms with Crippen molar-refractivity contribution in [2.45, 2.75) is 32.7 Å². The third-order valence-corrected chi connectivity index (χ3v) is 6.32. The molecule has 1 aliphatic rings. The van der Waals surface area contributed by atoms with Crippen molar-refractivity contribution in [1.82, 2.24) is 20.3 Å². The van der Waals surface area contributed by atoms with Gasteiger partial charge in [-0.05, 0) is 43.4 Å². The summed E-state index contributed by atoms with van der Waals surface area (Å²) in [6.45, 7) is 4.05. The van der Waals surface area contributed by atoms with E-state index in [1.165, 1.54) is 6.42 Å². The first-order chi connectivity index (χ1) is 13.6. The molecule has 0 spiro atoms. The van der Waals surface area contributed by atoms with Gasteiger partial charge in [0, 0.05) is 31.2 Å². The number of aliphatic imine (C=N–C) groups is 1. The summed E-state index contributed by atoms with van der Waals surface area (Å²) in [5.74, 6) is 1.15. The van der Waals surface area contributed by atoms with Crippen molar-refractivity contribution in [2.24, 2.45) is 10.9 Å². The zero-order valence-corrected chi connectivity index (χ0v) is 17.1. The number of hydrogen-bond acceptors (Lipinski definition) is 4. The SMILES string of the molecule is CCNC(=NCc1ccnc2ccccc12)NCCS(=O)(=O)NCC1CCC1. The van der Waals surface area contributed by atoms with Crippen molar-refractivity contribution in [1.29, 1.82) is 0 Å². The molecule has 1 aliphatic carbocycles. The second-order valence-electron chi connectivity index (χ2n) is 7.07. The molecule has 8 heteroatoms. The Labute approximate surface area is 167 Å². The molecule has 1 fully saturated rings. The van der Waals surface area contributed by atoms with Crippen molar-refractivity contribution >= 4 is 26.9 Å². The number of sulfonamides is 1. The number of hydrogen-bond donors (Lipinski definition) is 3. The van der Waals surface area contributed by atoms with Crippen LogP contribution in [0.3, 0.4) is 0 Å². The van der Waals surface area contributed by atoms with Crippen molar-refractivity contribution in [3.8, 4) is 0 Å². The Morgan fingerprint density at radius 1 is 1.21 bits per heavy atom. The van der Waals surface area contributed by atoms with E-state index in [0.717, 1.165) is 29.3 Å². The quantitative estimate of drug-likeness (QED) is 0.440. The lowest BCUT2D eigenvalue weighted by molar-refractivity contribution is 0.316. The maximum Gasteiger partial charge on any atom is 0.213 e. The van der Waals surface area contributed by atoms with Crippen LogP contribution in [0, 0.1) is 5.92 Å². The minimum Gasteiger partial charge on any atom is -0.357 e. The molecule has 0 aliphatic heterocycles. The van der Waals surface area contributed by atoms with E-state index in [2.05, 4.69) is 25.3 Å². The molecule has 1 aromatic heterocycles. The fourth-order valence-corrected chi connectivity index (χ4v) is 4.12. The van der Waals surface area contributed by atoms with Gasteiger partial charge in [0.2, 0.25) is 10.0 Å². The third-order valence-electron chi connectivity index (χ3n) is 4.97. The molecule has 3 rings (SSSR count). The van der Waals surface area contributed by atoms with Gasteiger partial charge in [-0.2, -0.15) is 0 Å². The minimum absolute atomic E-state index is 0.0301. The molecule has 0 atom stereocenters. The van der Waals surface area contributed by atoms with E-state index in [1.54, 1.807) is 6.20 Å². The summed E-state index contributed by atoms with van der Waals surface area (Å²) in [6, 6.07) is 9.93. The summed E-state index contributed by atoms with van der Waals surface area (Å²) in [4.78, 5) is 8.97. The Hall–Kier alpha value is -2.19. The van der Waals surface area contributed by atoms with E-state index in [-0.39, 0.29) is 5.75 Å². The number of pyridine rings is 1. The van der Waals surface area contributed by atoms with Crippen LogP contribution in [-0.4, -0.2) is 44.7 Å². The molecule has 7 nitrogen and oxygen atoms in total. The van der Waals surface area contributed by atoms with Crippen LogP contribution in [0.15, 0.2) is 41.5 Å². The van der Waals surface area contributed by atoms with E-state index >= 15 is 0 Å². The Morgan fingerprint density at radius 3 is 2.79 bits per heavy atom. The first kappa shape index (κ1) is 20.5. The van der Waals surface area contributed by atoms with Crippen molar-refractivity contribution < 1.29 is 8.42 Å². The fourth-order valence-electron chi connectivity index (χ4n) is 3.12. The molecule has 1 saturated carbocycles. The van der Waals surface area contributed by atoms with Crippen molar-refractivity contribution in [3.05, 3.63) is 42.1 Å². The minimum atomic E-state index is -3.26. The van der Waals surface area contributed by atoms with Gasteiger partial charge in [0.05, 0.1) is 17.8 Å². The van der Waals surface area contributed by atoms with Crippen LogP contribution in [0.5, 0.6) is 0 Å². The maximum atomic E-state index is 12.1. The van der Waals surface area contributed by atoms with Crippen molar-refractivity contribution in [2.75, 3.05) is 25.4 Å². The first-order valence-electron chi connectivity index (χ1n) is 9.89. The molecular weight excluding hydrogens is 374 g/mol. The monoisotopic (exact) mass is 403 g/mol. The highest BCUT2D eigenvalue weighted by molar-refractivity contribution is 7.89. The average Bonchev–Trinajstić information content (AvgIpc) is 2.64. The zero-order chi connectivity index (χ0) is 19.8. The van der Waals surface area contributed by atoms with Gasteiger partial charge < -0.3 is 10.6 Å². The predicted octanol–water partition coefficient (Wildman–Crippen LogP) is 2.01. The second-order valence-corrected chi connectivity index (χ2v) is 9.00. The highest BCUT2D eigenvalue weighted by atomic mass is 32.2. The molecule has 1 heterocycles. The van der Waals surface area contributed by atoms with E-state index in [9.17, 15) is 8.42 Å². The summed E-state index contributed by atoms with van der Waals surface area (Å²) >= 11 is 0. The molecule has 0 bridgehead atoms. The van der Waals surface area contributed by atoms with Gasteiger partial charge in [-0.1, -0.05) is 24.6 Å². The standard InChI is InChI=1S/C20H29N5O2S/c1-2-21-20(23-12-13-28(26,27)25-14-16-6-5-7-16)24-15-17-10-11-22-19-9-4-3-8-18(17)19/h3-4,8-11,16,25H,2,5-7,12-15H2,1H3,(H2,21,23,24). The number of nitrogens with zero attached hydrogens (tertiary/aromatic N) is 2. The number of fused-ring (bicyclic) bond motifs is 1. The summed E-state index contributed by atoms with van der Waals surface area (Å²) < 4.78 is 27.0. The summed E-state index contributed by atoms with van der Waals surface area (Å²) in [7, 11) is -3.26. The van der Waals surface area contributed by atoms with Gasteiger partial charge in [0.1, 0.15) is 0 Å². The normalized spacial score (nSPS) is 15.4. The third kappa shape index (κ3) is 5.90. The summed E-state index contributed by atoms with van der Waals surface area (Å²) in [5.41, 5.74) is 2.02. The first-order valence-corrected chi connectivity index (χ1v) is 11.5. The van der Waals surface area contributed by atoms with Crippen LogP contribution in [0.4, 0.5) is 0 Å². The van der Waals surface area contributed by atoms with Gasteiger partial charge in [0.15, 0.2) is 5.96 Å². The highest BCUT2D eigenvalue weighted by Gasteiger charge is 2.20. The van der Waals surface area contributed by atoms with E-state index in [4.69, 9.17) is 0 Å². The van der Waals surface area contributed by atoms with Crippen molar-refractivity contribution in [3.63, 3.8) is 0 Å². The van der Waals surface area contributed by atoms with Gasteiger partial charge in [-0.15, -0.1) is 0 Å². The zero-order valence-electron chi connectivity index (χ0n) is 16.3. The maximum absolute atomic E-state index is 12.1. The number of guanidine groups is 1. The number of nitrogens with one attached hydrogen (secondary N) is 3. The molecule has 3 N–H and O–H groups in total. The van der Waals surface area contributed by atoms with E-state index < -0.39 is 10.0 Å². The molecule has 152 valence electrons. The Kier molecular flexibility index (Phi) is 7.22. The van der Waals surface area contributed by atoms with E-state index in [1.807, 2.05) is 37.3 Å².